The molecule has 0 heterocycles. The highest BCUT2D eigenvalue weighted by molar-refractivity contribution is 5.96. The number of aryl methyl sites for hydroxylation is 1. The van der Waals surface area contributed by atoms with Crippen molar-refractivity contribution in [2.24, 2.45) is 0 Å². The van der Waals surface area contributed by atoms with Crippen LogP contribution in [0.3, 0.4) is 0 Å². The molecule has 114 valence electrons. The van der Waals surface area contributed by atoms with E-state index in [4.69, 9.17) is 0 Å². The highest BCUT2D eigenvalue weighted by atomic mass is 19.1. The Labute approximate surface area is 128 Å². The molecule has 1 atom stereocenters. The van der Waals surface area contributed by atoms with Gasteiger partial charge in [0.05, 0.1) is 6.10 Å². The molecule has 22 heavy (non-hydrogen) atoms. The standard InChI is InChI=1S/C18H18FNO2/c19-14-7-1-6-13(10-14)17(21)11-20-18(22)16-9-3-5-12-4-2-8-15(12)16/h1,3,5-7,9-10,17,21H,2,4,8,11H2,(H,20,22)/t17-/m1/s1. The Bertz CT molecular complexity index is 699. The van der Waals surface area contributed by atoms with E-state index < -0.39 is 11.9 Å². The predicted octanol–water partition coefficient (Wildman–Crippen LogP) is 2.78. The molecule has 1 aliphatic rings. The van der Waals surface area contributed by atoms with Crippen molar-refractivity contribution in [3.63, 3.8) is 0 Å². The van der Waals surface area contributed by atoms with Gasteiger partial charge in [-0.25, -0.2) is 4.39 Å². The second-order valence-corrected chi connectivity index (χ2v) is 5.58. The number of halogens is 1. The monoisotopic (exact) mass is 299 g/mol. The van der Waals surface area contributed by atoms with Gasteiger partial charge in [-0.15, -0.1) is 0 Å². The molecule has 1 aliphatic carbocycles. The van der Waals surface area contributed by atoms with Crippen molar-refractivity contribution in [2.75, 3.05) is 6.54 Å². The van der Waals surface area contributed by atoms with Crippen molar-refractivity contribution in [1.82, 2.24) is 5.32 Å². The number of fused-ring (bicyclic) bond motifs is 1. The zero-order valence-electron chi connectivity index (χ0n) is 12.2. The van der Waals surface area contributed by atoms with E-state index in [2.05, 4.69) is 11.4 Å². The molecule has 0 aliphatic heterocycles. The first-order valence-corrected chi connectivity index (χ1v) is 7.47. The molecule has 3 nitrogen and oxygen atoms in total. The number of aliphatic hydroxyl groups is 1. The van der Waals surface area contributed by atoms with E-state index in [1.165, 1.54) is 17.7 Å². The van der Waals surface area contributed by atoms with Crippen LogP contribution in [0, 0.1) is 5.82 Å². The number of carbonyl (C=O) groups is 1. The van der Waals surface area contributed by atoms with Gasteiger partial charge in [-0.2, -0.15) is 0 Å². The topological polar surface area (TPSA) is 49.3 Å². The lowest BCUT2D eigenvalue weighted by atomic mass is 10.0. The third-order valence-corrected chi connectivity index (χ3v) is 4.08. The number of carbonyl (C=O) groups excluding carboxylic acids is 1. The van der Waals surface area contributed by atoms with Crippen LogP contribution in [0.25, 0.3) is 0 Å². The van der Waals surface area contributed by atoms with E-state index >= 15 is 0 Å². The predicted molar refractivity (Wildman–Crippen MR) is 82.2 cm³/mol. The van der Waals surface area contributed by atoms with Crippen LogP contribution in [0.5, 0.6) is 0 Å². The van der Waals surface area contributed by atoms with Crippen molar-refractivity contribution in [3.8, 4) is 0 Å². The minimum Gasteiger partial charge on any atom is -0.387 e. The van der Waals surface area contributed by atoms with Crippen LogP contribution in [0.1, 0.15) is 39.6 Å². The lowest BCUT2D eigenvalue weighted by molar-refractivity contribution is 0.0915. The molecule has 1 amide bonds. The highest BCUT2D eigenvalue weighted by Crippen LogP contribution is 2.25. The van der Waals surface area contributed by atoms with Gasteiger partial charge in [0.1, 0.15) is 5.82 Å². The number of hydrogen-bond donors (Lipinski definition) is 2. The minimum atomic E-state index is -0.920. The van der Waals surface area contributed by atoms with Crippen LogP contribution in [0.2, 0.25) is 0 Å². The zero-order chi connectivity index (χ0) is 15.5. The molecule has 0 spiro atoms. The maximum Gasteiger partial charge on any atom is 0.251 e. The molecule has 2 N–H and O–H groups in total. The van der Waals surface area contributed by atoms with E-state index in [1.807, 2.05) is 12.1 Å². The van der Waals surface area contributed by atoms with Crippen LogP contribution in [-0.2, 0) is 12.8 Å². The molecule has 0 fully saturated rings. The number of amides is 1. The smallest absolute Gasteiger partial charge is 0.251 e. The third-order valence-electron chi connectivity index (χ3n) is 4.08. The van der Waals surface area contributed by atoms with Crippen LogP contribution < -0.4 is 5.32 Å². The first-order valence-electron chi connectivity index (χ1n) is 7.47. The van der Waals surface area contributed by atoms with Gasteiger partial charge in [0, 0.05) is 12.1 Å². The van der Waals surface area contributed by atoms with Crippen LogP contribution in [-0.4, -0.2) is 17.6 Å². The van der Waals surface area contributed by atoms with Crippen LogP contribution in [0.15, 0.2) is 42.5 Å². The van der Waals surface area contributed by atoms with Gasteiger partial charge >= 0.3 is 0 Å². The molecular weight excluding hydrogens is 281 g/mol. The summed E-state index contributed by atoms with van der Waals surface area (Å²) in [5, 5.41) is 12.8. The Morgan fingerprint density at radius 3 is 2.86 bits per heavy atom. The molecule has 4 heteroatoms. The van der Waals surface area contributed by atoms with E-state index in [0.717, 1.165) is 24.8 Å². The molecule has 0 radical (unpaired) electrons. The average Bonchev–Trinajstić information content (AvgIpc) is 3.00. The summed E-state index contributed by atoms with van der Waals surface area (Å²) >= 11 is 0. The fourth-order valence-electron chi connectivity index (χ4n) is 2.95. The molecule has 0 aromatic heterocycles. The Morgan fingerprint density at radius 2 is 2.05 bits per heavy atom. The Hall–Kier alpha value is -2.20. The van der Waals surface area contributed by atoms with E-state index in [-0.39, 0.29) is 12.5 Å². The number of nitrogens with one attached hydrogen (secondary N) is 1. The summed E-state index contributed by atoms with van der Waals surface area (Å²) in [6, 6.07) is 11.5. The van der Waals surface area contributed by atoms with Crippen LogP contribution >= 0.6 is 0 Å². The van der Waals surface area contributed by atoms with Crippen LogP contribution in [0.4, 0.5) is 4.39 Å². The third kappa shape index (κ3) is 3.02. The number of benzene rings is 2. The molecule has 2 aromatic carbocycles. The summed E-state index contributed by atoms with van der Waals surface area (Å²) in [4.78, 5) is 12.3. The number of aliphatic hydroxyl groups excluding tert-OH is 1. The maximum atomic E-state index is 13.1. The molecule has 3 rings (SSSR count). The van der Waals surface area contributed by atoms with Gasteiger partial charge in [0.2, 0.25) is 0 Å². The van der Waals surface area contributed by atoms with Crippen molar-refractivity contribution < 1.29 is 14.3 Å². The molecule has 0 saturated carbocycles. The normalized spacial score (nSPS) is 14.5. The zero-order valence-corrected chi connectivity index (χ0v) is 12.2. The summed E-state index contributed by atoms with van der Waals surface area (Å²) in [6.45, 7) is 0.0615. The molecular formula is C18H18FNO2. The highest BCUT2D eigenvalue weighted by Gasteiger charge is 2.19. The number of hydrogen-bond acceptors (Lipinski definition) is 2. The van der Waals surface area contributed by atoms with E-state index in [0.29, 0.717) is 11.1 Å². The molecule has 0 saturated heterocycles. The second-order valence-electron chi connectivity index (χ2n) is 5.58. The maximum absolute atomic E-state index is 13.1. The SMILES string of the molecule is O=C(NC[C@@H](O)c1cccc(F)c1)c1cccc2c1CCC2. The second kappa shape index (κ2) is 6.28. The van der Waals surface area contributed by atoms with Crippen molar-refractivity contribution >= 4 is 5.91 Å². The number of rotatable bonds is 4. The Balaban J connectivity index is 1.67. The van der Waals surface area contributed by atoms with E-state index in [9.17, 15) is 14.3 Å². The summed E-state index contributed by atoms with van der Waals surface area (Å²) < 4.78 is 13.1. The van der Waals surface area contributed by atoms with Crippen molar-refractivity contribution in [3.05, 3.63) is 70.5 Å². The fourth-order valence-corrected chi connectivity index (χ4v) is 2.95. The minimum absolute atomic E-state index is 0.0615. The van der Waals surface area contributed by atoms with Crippen molar-refractivity contribution in [1.29, 1.82) is 0 Å². The lowest BCUT2D eigenvalue weighted by Gasteiger charge is -2.14. The largest absolute Gasteiger partial charge is 0.387 e. The lowest BCUT2D eigenvalue weighted by Crippen LogP contribution is -2.29. The molecule has 0 unspecified atom stereocenters. The van der Waals surface area contributed by atoms with Gasteiger partial charge in [0.25, 0.3) is 5.91 Å². The average molecular weight is 299 g/mol. The van der Waals surface area contributed by atoms with E-state index in [1.54, 1.807) is 12.1 Å². The van der Waals surface area contributed by atoms with Gasteiger partial charge in [-0.05, 0) is 54.2 Å². The molecule has 0 bridgehead atoms. The first-order chi connectivity index (χ1) is 10.6. The van der Waals surface area contributed by atoms with Gasteiger partial charge in [0.15, 0.2) is 0 Å². The van der Waals surface area contributed by atoms with Gasteiger partial charge < -0.3 is 10.4 Å². The summed E-state index contributed by atoms with van der Waals surface area (Å²) in [6.07, 6.45) is 2.09. The summed E-state index contributed by atoms with van der Waals surface area (Å²) in [7, 11) is 0. The molecule has 2 aromatic rings. The fraction of sp³-hybridized carbons (Fsp3) is 0.278. The summed E-state index contributed by atoms with van der Waals surface area (Å²) in [5.41, 5.74) is 3.48. The summed E-state index contributed by atoms with van der Waals surface area (Å²) in [5.74, 6) is -0.585. The Morgan fingerprint density at radius 1 is 1.23 bits per heavy atom. The van der Waals surface area contributed by atoms with Gasteiger partial charge in [-0.1, -0.05) is 24.3 Å². The first kappa shape index (κ1) is 14.7. The Kier molecular flexibility index (Phi) is 4.20. The van der Waals surface area contributed by atoms with Crippen molar-refractivity contribution in [2.45, 2.75) is 25.4 Å². The van der Waals surface area contributed by atoms with Gasteiger partial charge in [-0.3, -0.25) is 4.79 Å². The quantitative estimate of drug-likeness (QED) is 0.912.